The van der Waals surface area contributed by atoms with Crippen molar-refractivity contribution in [2.75, 3.05) is 20.2 Å². The third-order valence-corrected chi connectivity index (χ3v) is 5.84. The number of rotatable bonds is 6. The first-order valence-electron chi connectivity index (χ1n) is 7.84. The normalized spacial score (nSPS) is 21.7. The lowest BCUT2D eigenvalue weighted by Crippen LogP contribution is -2.32. The van der Waals surface area contributed by atoms with Gasteiger partial charge in [-0.3, -0.25) is 4.79 Å². The molecule has 7 heteroatoms. The fraction of sp³-hybridized carbons (Fsp3) is 0.562. The molecule has 0 bridgehead atoms. The van der Waals surface area contributed by atoms with Gasteiger partial charge in [0.1, 0.15) is 10.6 Å². The molecule has 23 heavy (non-hydrogen) atoms. The third kappa shape index (κ3) is 3.50. The molecule has 2 fully saturated rings. The Morgan fingerprint density at radius 3 is 2.74 bits per heavy atom. The van der Waals surface area contributed by atoms with Gasteiger partial charge in [-0.1, -0.05) is 6.07 Å². The van der Waals surface area contributed by atoms with Gasteiger partial charge in [0.25, 0.3) is 0 Å². The molecule has 1 aromatic carbocycles. The van der Waals surface area contributed by atoms with Crippen LogP contribution in [0.2, 0.25) is 0 Å². The van der Waals surface area contributed by atoms with Crippen LogP contribution in [0.25, 0.3) is 0 Å². The van der Waals surface area contributed by atoms with Gasteiger partial charge >= 0.3 is 0 Å². The van der Waals surface area contributed by atoms with Crippen LogP contribution in [0.1, 0.15) is 24.8 Å². The van der Waals surface area contributed by atoms with Crippen LogP contribution in [0.4, 0.5) is 0 Å². The highest BCUT2D eigenvalue weighted by molar-refractivity contribution is 7.89. The Kier molecular flexibility index (Phi) is 4.33. The van der Waals surface area contributed by atoms with Crippen molar-refractivity contribution in [3.63, 3.8) is 0 Å². The Morgan fingerprint density at radius 2 is 2.09 bits per heavy atom. The van der Waals surface area contributed by atoms with Crippen molar-refractivity contribution in [1.29, 1.82) is 0 Å². The number of amides is 1. The molecule has 1 unspecified atom stereocenters. The number of nitrogens with one attached hydrogen (secondary N) is 1. The lowest BCUT2D eigenvalue weighted by Gasteiger charge is -2.16. The average molecular weight is 338 g/mol. The van der Waals surface area contributed by atoms with Crippen molar-refractivity contribution < 1.29 is 17.9 Å². The number of ether oxygens (including phenoxy) is 1. The number of benzene rings is 1. The van der Waals surface area contributed by atoms with E-state index in [1.54, 1.807) is 18.2 Å². The number of likely N-dealkylation sites (tertiary alicyclic amines) is 1. The zero-order chi connectivity index (χ0) is 16.6. The first-order valence-corrected chi connectivity index (χ1v) is 9.33. The van der Waals surface area contributed by atoms with Gasteiger partial charge in [0.15, 0.2) is 0 Å². The number of nitrogens with zero attached hydrogens (tertiary/aromatic N) is 1. The summed E-state index contributed by atoms with van der Waals surface area (Å²) in [4.78, 5) is 14.0. The molecule has 126 valence electrons. The van der Waals surface area contributed by atoms with Crippen molar-refractivity contribution in [2.24, 2.45) is 5.92 Å². The molecular formula is C16H22N2O4S. The smallest absolute Gasteiger partial charge is 0.244 e. The van der Waals surface area contributed by atoms with E-state index in [0.717, 1.165) is 18.4 Å². The Bertz CT molecular complexity index is 713. The predicted molar refractivity (Wildman–Crippen MR) is 85.8 cm³/mol. The average Bonchev–Trinajstić information content (AvgIpc) is 3.28. The molecule has 1 heterocycles. The van der Waals surface area contributed by atoms with Gasteiger partial charge in [-0.25, -0.2) is 13.1 Å². The summed E-state index contributed by atoms with van der Waals surface area (Å²) < 4.78 is 32.9. The Balaban J connectivity index is 1.67. The molecule has 0 aromatic heterocycles. The summed E-state index contributed by atoms with van der Waals surface area (Å²) in [5.74, 6) is 0.503. The van der Waals surface area contributed by atoms with Gasteiger partial charge in [0.2, 0.25) is 15.9 Å². The summed E-state index contributed by atoms with van der Waals surface area (Å²) in [5, 5.41) is 0. The summed E-state index contributed by atoms with van der Waals surface area (Å²) in [7, 11) is -2.21. The second-order valence-electron chi connectivity index (χ2n) is 6.35. The number of hydrogen-bond acceptors (Lipinski definition) is 4. The van der Waals surface area contributed by atoms with E-state index >= 15 is 0 Å². The second-order valence-corrected chi connectivity index (χ2v) is 8.09. The van der Waals surface area contributed by atoms with E-state index in [4.69, 9.17) is 4.74 Å². The SMILES string of the molecule is COc1ccc(C)cc1S(=O)(=O)NCC1CC(=O)N(C2CC2)C1. The molecule has 1 aliphatic heterocycles. The van der Waals surface area contributed by atoms with E-state index in [1.807, 2.05) is 11.8 Å². The number of sulfonamides is 1. The van der Waals surface area contributed by atoms with E-state index < -0.39 is 10.0 Å². The minimum absolute atomic E-state index is 0.0358. The Labute approximate surface area is 136 Å². The number of aryl methyl sites for hydroxylation is 1. The summed E-state index contributed by atoms with van der Waals surface area (Å²) in [6, 6.07) is 5.44. The third-order valence-electron chi connectivity index (χ3n) is 4.40. The van der Waals surface area contributed by atoms with Crippen molar-refractivity contribution >= 4 is 15.9 Å². The van der Waals surface area contributed by atoms with E-state index in [9.17, 15) is 13.2 Å². The van der Waals surface area contributed by atoms with Crippen molar-refractivity contribution in [3.8, 4) is 5.75 Å². The molecule has 1 aromatic rings. The van der Waals surface area contributed by atoms with E-state index in [0.29, 0.717) is 24.8 Å². The monoisotopic (exact) mass is 338 g/mol. The fourth-order valence-electron chi connectivity index (χ4n) is 2.98. The van der Waals surface area contributed by atoms with Gasteiger partial charge in [-0.15, -0.1) is 0 Å². The molecular weight excluding hydrogens is 316 g/mol. The maximum absolute atomic E-state index is 12.5. The van der Waals surface area contributed by atoms with E-state index in [1.165, 1.54) is 7.11 Å². The molecule has 1 amide bonds. The van der Waals surface area contributed by atoms with Crippen LogP contribution in [0.5, 0.6) is 5.75 Å². The van der Waals surface area contributed by atoms with Crippen molar-refractivity contribution in [1.82, 2.24) is 9.62 Å². The van der Waals surface area contributed by atoms with Gasteiger partial charge in [0.05, 0.1) is 7.11 Å². The van der Waals surface area contributed by atoms with Gasteiger partial charge < -0.3 is 9.64 Å². The lowest BCUT2D eigenvalue weighted by atomic mass is 10.1. The van der Waals surface area contributed by atoms with Gasteiger partial charge in [0, 0.05) is 25.6 Å². The molecule has 0 radical (unpaired) electrons. The fourth-order valence-corrected chi connectivity index (χ4v) is 4.35. The van der Waals surface area contributed by atoms with Crippen LogP contribution >= 0.6 is 0 Å². The summed E-state index contributed by atoms with van der Waals surface area (Å²) in [5.41, 5.74) is 0.849. The number of carbonyl (C=O) groups is 1. The minimum atomic E-state index is -3.66. The maximum atomic E-state index is 12.5. The van der Waals surface area contributed by atoms with Crippen molar-refractivity contribution in [2.45, 2.75) is 37.1 Å². The second kappa shape index (κ2) is 6.13. The molecule has 2 aliphatic rings. The van der Waals surface area contributed by atoms with Crippen LogP contribution < -0.4 is 9.46 Å². The topological polar surface area (TPSA) is 75.7 Å². The first kappa shape index (κ1) is 16.3. The molecule has 1 saturated carbocycles. The lowest BCUT2D eigenvalue weighted by molar-refractivity contribution is -0.128. The molecule has 1 atom stereocenters. The molecule has 1 aliphatic carbocycles. The van der Waals surface area contributed by atoms with Crippen molar-refractivity contribution in [3.05, 3.63) is 23.8 Å². The maximum Gasteiger partial charge on any atom is 0.244 e. The van der Waals surface area contributed by atoms with Gasteiger partial charge in [-0.2, -0.15) is 0 Å². The quantitative estimate of drug-likeness (QED) is 0.848. The highest BCUT2D eigenvalue weighted by Gasteiger charge is 2.39. The van der Waals surface area contributed by atoms with Crippen LogP contribution in [-0.4, -0.2) is 45.5 Å². The Morgan fingerprint density at radius 1 is 1.35 bits per heavy atom. The molecule has 6 nitrogen and oxygen atoms in total. The molecule has 1 saturated heterocycles. The number of methoxy groups -OCH3 is 1. The molecule has 0 spiro atoms. The highest BCUT2D eigenvalue weighted by atomic mass is 32.2. The molecule has 3 rings (SSSR count). The van der Waals surface area contributed by atoms with Gasteiger partial charge in [-0.05, 0) is 43.4 Å². The van der Waals surface area contributed by atoms with Crippen LogP contribution in [0.15, 0.2) is 23.1 Å². The van der Waals surface area contributed by atoms with E-state index in [-0.39, 0.29) is 23.3 Å². The van der Waals surface area contributed by atoms with Crippen LogP contribution in [-0.2, 0) is 14.8 Å². The predicted octanol–water partition coefficient (Wildman–Crippen LogP) is 1.29. The van der Waals surface area contributed by atoms with E-state index in [2.05, 4.69) is 4.72 Å². The summed E-state index contributed by atoms with van der Waals surface area (Å²) in [6.45, 7) is 2.76. The van der Waals surface area contributed by atoms with Crippen LogP contribution in [0.3, 0.4) is 0 Å². The zero-order valence-electron chi connectivity index (χ0n) is 13.4. The highest BCUT2D eigenvalue weighted by Crippen LogP contribution is 2.32. The Hall–Kier alpha value is -1.60. The first-order chi connectivity index (χ1) is 10.9. The summed E-state index contributed by atoms with van der Waals surface area (Å²) in [6.07, 6.45) is 2.57. The molecule has 1 N–H and O–H groups in total. The number of hydrogen-bond donors (Lipinski definition) is 1. The minimum Gasteiger partial charge on any atom is -0.495 e. The summed E-state index contributed by atoms with van der Waals surface area (Å²) >= 11 is 0. The largest absolute Gasteiger partial charge is 0.495 e. The number of carbonyl (C=O) groups excluding carboxylic acids is 1. The van der Waals surface area contributed by atoms with Crippen LogP contribution in [0, 0.1) is 12.8 Å². The zero-order valence-corrected chi connectivity index (χ0v) is 14.2. The standard InChI is InChI=1S/C16H22N2O4S/c1-11-3-6-14(22-2)15(7-11)23(20,21)17-9-12-8-16(19)18(10-12)13-4-5-13/h3,6-7,12-13,17H,4-5,8-10H2,1-2H3.